The number of hydrogen-bond donors (Lipinski definition) is 0. The molecular formula is C27H24FNO4S. The SMILES string of the molecule is CCOc1cc(/C=C2/SC(=O)N(Cc3ccc(F)cc3)C2=O)ccc1OCc1ccc(C)cc1. The third-order valence-electron chi connectivity index (χ3n) is 5.21. The van der Waals surface area contributed by atoms with Crippen molar-refractivity contribution in [2.75, 3.05) is 6.61 Å². The Morgan fingerprint density at radius 3 is 2.32 bits per heavy atom. The Balaban J connectivity index is 1.49. The summed E-state index contributed by atoms with van der Waals surface area (Å²) in [5.74, 6) is 0.420. The highest BCUT2D eigenvalue weighted by Gasteiger charge is 2.35. The van der Waals surface area contributed by atoms with Crippen LogP contribution >= 0.6 is 11.8 Å². The van der Waals surface area contributed by atoms with E-state index in [0.717, 1.165) is 27.8 Å². The average molecular weight is 478 g/mol. The molecule has 0 aromatic heterocycles. The molecule has 1 saturated heterocycles. The molecule has 0 spiro atoms. The third kappa shape index (κ3) is 5.66. The van der Waals surface area contributed by atoms with E-state index in [9.17, 15) is 14.0 Å². The standard InChI is InChI=1S/C27H24FNO4S/c1-3-32-24-14-21(10-13-23(24)33-17-20-6-4-18(2)5-7-20)15-25-26(30)29(27(31)34-25)16-19-8-11-22(28)12-9-19/h4-15H,3,16-17H2,1-2H3/b25-15+. The molecule has 0 atom stereocenters. The first-order valence-corrected chi connectivity index (χ1v) is 11.7. The van der Waals surface area contributed by atoms with Crippen LogP contribution in [0.25, 0.3) is 6.08 Å². The number of nitrogens with zero attached hydrogens (tertiary/aromatic N) is 1. The van der Waals surface area contributed by atoms with Gasteiger partial charge in [0.15, 0.2) is 11.5 Å². The van der Waals surface area contributed by atoms with E-state index in [-0.39, 0.29) is 23.5 Å². The molecule has 0 aliphatic carbocycles. The van der Waals surface area contributed by atoms with Crippen LogP contribution in [0.4, 0.5) is 9.18 Å². The van der Waals surface area contributed by atoms with Gasteiger partial charge in [-0.3, -0.25) is 14.5 Å². The Bertz CT molecular complexity index is 1220. The molecule has 0 bridgehead atoms. The Kier molecular flexibility index (Phi) is 7.33. The lowest BCUT2D eigenvalue weighted by atomic mass is 10.1. The number of ether oxygens (including phenoxy) is 2. The summed E-state index contributed by atoms with van der Waals surface area (Å²) in [6.07, 6.45) is 1.67. The van der Waals surface area contributed by atoms with Crippen LogP contribution in [0.15, 0.2) is 71.6 Å². The first-order valence-electron chi connectivity index (χ1n) is 10.9. The minimum absolute atomic E-state index is 0.0955. The van der Waals surface area contributed by atoms with E-state index in [2.05, 4.69) is 0 Å². The number of thioether (sulfide) groups is 1. The highest BCUT2D eigenvalue weighted by molar-refractivity contribution is 8.18. The summed E-state index contributed by atoms with van der Waals surface area (Å²) in [5, 5.41) is -0.358. The van der Waals surface area contributed by atoms with Gasteiger partial charge in [-0.05, 0) is 72.6 Å². The van der Waals surface area contributed by atoms with Gasteiger partial charge in [-0.15, -0.1) is 0 Å². The van der Waals surface area contributed by atoms with Crippen LogP contribution in [-0.2, 0) is 17.9 Å². The van der Waals surface area contributed by atoms with Crippen LogP contribution in [0.5, 0.6) is 11.5 Å². The Morgan fingerprint density at radius 2 is 1.62 bits per heavy atom. The maximum Gasteiger partial charge on any atom is 0.293 e. The lowest BCUT2D eigenvalue weighted by Crippen LogP contribution is -2.27. The van der Waals surface area contributed by atoms with Crippen molar-refractivity contribution in [2.45, 2.75) is 27.0 Å². The summed E-state index contributed by atoms with van der Waals surface area (Å²) in [7, 11) is 0. The average Bonchev–Trinajstić information content (AvgIpc) is 3.08. The molecule has 1 heterocycles. The number of carbonyl (C=O) groups excluding carboxylic acids is 2. The number of aryl methyl sites for hydroxylation is 1. The molecule has 0 saturated carbocycles. The van der Waals surface area contributed by atoms with E-state index in [1.807, 2.05) is 44.2 Å². The van der Waals surface area contributed by atoms with Crippen molar-refractivity contribution in [1.82, 2.24) is 4.90 Å². The van der Waals surface area contributed by atoms with E-state index < -0.39 is 0 Å². The van der Waals surface area contributed by atoms with Crippen LogP contribution in [0.2, 0.25) is 0 Å². The van der Waals surface area contributed by atoms with Gasteiger partial charge in [0.1, 0.15) is 12.4 Å². The number of hydrogen-bond acceptors (Lipinski definition) is 5. The Labute approximate surface area is 202 Å². The molecule has 3 aromatic rings. The number of amides is 2. The molecule has 2 amide bonds. The van der Waals surface area contributed by atoms with Crippen LogP contribution < -0.4 is 9.47 Å². The predicted molar refractivity (Wildman–Crippen MR) is 131 cm³/mol. The number of carbonyl (C=O) groups is 2. The normalized spacial score (nSPS) is 14.7. The van der Waals surface area contributed by atoms with Gasteiger partial charge < -0.3 is 9.47 Å². The first-order chi connectivity index (χ1) is 16.4. The lowest BCUT2D eigenvalue weighted by molar-refractivity contribution is -0.123. The quantitative estimate of drug-likeness (QED) is 0.354. The lowest BCUT2D eigenvalue weighted by Gasteiger charge is -2.13. The number of imide groups is 1. The molecule has 174 valence electrons. The molecule has 4 rings (SSSR count). The van der Waals surface area contributed by atoms with Gasteiger partial charge in [0, 0.05) is 0 Å². The second-order valence-corrected chi connectivity index (χ2v) is 8.80. The van der Waals surface area contributed by atoms with Gasteiger partial charge in [-0.1, -0.05) is 48.0 Å². The summed E-state index contributed by atoms with van der Waals surface area (Å²) in [5.41, 5.74) is 3.63. The number of halogens is 1. The molecule has 7 heteroatoms. The molecule has 1 aliphatic rings. The van der Waals surface area contributed by atoms with E-state index in [1.54, 1.807) is 30.3 Å². The van der Waals surface area contributed by atoms with Crippen molar-refractivity contribution >= 4 is 29.0 Å². The monoisotopic (exact) mass is 477 g/mol. The third-order valence-corrected chi connectivity index (χ3v) is 6.12. The zero-order chi connectivity index (χ0) is 24.1. The fraction of sp³-hybridized carbons (Fsp3) is 0.185. The predicted octanol–water partition coefficient (Wildman–Crippen LogP) is 6.35. The molecule has 34 heavy (non-hydrogen) atoms. The topological polar surface area (TPSA) is 55.8 Å². The van der Waals surface area contributed by atoms with Crippen LogP contribution in [0.3, 0.4) is 0 Å². The van der Waals surface area contributed by atoms with Crippen molar-refractivity contribution in [3.63, 3.8) is 0 Å². The summed E-state index contributed by atoms with van der Waals surface area (Å²) in [6, 6.07) is 19.3. The smallest absolute Gasteiger partial charge is 0.293 e. The van der Waals surface area contributed by atoms with Gasteiger partial charge in [-0.25, -0.2) is 4.39 Å². The molecule has 1 fully saturated rings. The molecule has 0 radical (unpaired) electrons. The van der Waals surface area contributed by atoms with Gasteiger partial charge >= 0.3 is 0 Å². The van der Waals surface area contributed by atoms with Crippen molar-refractivity contribution in [3.05, 3.63) is 99.7 Å². The fourth-order valence-electron chi connectivity index (χ4n) is 3.41. The molecule has 3 aromatic carbocycles. The van der Waals surface area contributed by atoms with Crippen LogP contribution in [0.1, 0.15) is 29.2 Å². The van der Waals surface area contributed by atoms with E-state index in [0.29, 0.717) is 35.2 Å². The van der Waals surface area contributed by atoms with Crippen LogP contribution in [0, 0.1) is 12.7 Å². The maximum atomic E-state index is 13.1. The van der Waals surface area contributed by atoms with Gasteiger partial charge in [0.05, 0.1) is 18.1 Å². The molecule has 0 unspecified atom stereocenters. The number of rotatable bonds is 8. The molecule has 1 aliphatic heterocycles. The second-order valence-electron chi connectivity index (χ2n) is 7.81. The van der Waals surface area contributed by atoms with Gasteiger partial charge in [0.25, 0.3) is 11.1 Å². The van der Waals surface area contributed by atoms with Gasteiger partial charge in [-0.2, -0.15) is 0 Å². The van der Waals surface area contributed by atoms with Crippen molar-refractivity contribution in [2.24, 2.45) is 0 Å². The minimum Gasteiger partial charge on any atom is -0.490 e. The highest BCUT2D eigenvalue weighted by Crippen LogP contribution is 2.35. The Hall–Kier alpha value is -3.58. The fourth-order valence-corrected chi connectivity index (χ4v) is 4.25. The number of benzene rings is 3. The molecule has 5 nitrogen and oxygen atoms in total. The summed E-state index contributed by atoms with van der Waals surface area (Å²) in [4.78, 5) is 26.7. The minimum atomic E-state index is -0.378. The molecule has 0 N–H and O–H groups in total. The zero-order valence-corrected chi connectivity index (χ0v) is 19.7. The van der Waals surface area contributed by atoms with E-state index in [4.69, 9.17) is 9.47 Å². The largest absolute Gasteiger partial charge is 0.490 e. The van der Waals surface area contributed by atoms with Crippen molar-refractivity contribution in [3.8, 4) is 11.5 Å². The van der Waals surface area contributed by atoms with Crippen LogP contribution in [-0.4, -0.2) is 22.7 Å². The summed E-state index contributed by atoms with van der Waals surface area (Å²) < 4.78 is 24.9. The second kappa shape index (κ2) is 10.6. The van der Waals surface area contributed by atoms with E-state index >= 15 is 0 Å². The van der Waals surface area contributed by atoms with Gasteiger partial charge in [0.2, 0.25) is 0 Å². The zero-order valence-electron chi connectivity index (χ0n) is 18.9. The van der Waals surface area contributed by atoms with E-state index in [1.165, 1.54) is 17.7 Å². The first kappa shape index (κ1) is 23.6. The Morgan fingerprint density at radius 1 is 0.912 bits per heavy atom. The highest BCUT2D eigenvalue weighted by atomic mass is 32.2. The molecular weight excluding hydrogens is 453 g/mol. The maximum absolute atomic E-state index is 13.1. The summed E-state index contributed by atoms with van der Waals surface area (Å²) in [6.45, 7) is 4.88. The summed E-state index contributed by atoms with van der Waals surface area (Å²) >= 11 is 0.883. The van der Waals surface area contributed by atoms with Crippen molar-refractivity contribution in [1.29, 1.82) is 0 Å². The van der Waals surface area contributed by atoms with Crippen molar-refractivity contribution < 1.29 is 23.5 Å².